The van der Waals surface area contributed by atoms with Gasteiger partial charge in [-0.05, 0) is 0 Å². The van der Waals surface area contributed by atoms with Gasteiger partial charge in [-0.25, -0.2) is 4.79 Å². The molecule has 0 unspecified atom stereocenters. The third-order valence-corrected chi connectivity index (χ3v) is 3.13. The van der Waals surface area contributed by atoms with E-state index in [1.807, 2.05) is 0 Å². The van der Waals surface area contributed by atoms with E-state index in [4.69, 9.17) is 0 Å². The van der Waals surface area contributed by atoms with Crippen LogP contribution in [0.25, 0.3) is 0 Å². The molecule has 0 spiro atoms. The first kappa shape index (κ1) is 14.9. The summed E-state index contributed by atoms with van der Waals surface area (Å²) >= 11 is 0. The first-order valence-electron chi connectivity index (χ1n) is 6.63. The van der Waals surface area contributed by atoms with Crippen molar-refractivity contribution >= 4 is 23.5 Å². The fourth-order valence-electron chi connectivity index (χ4n) is 1.88. The molecule has 2 rings (SSSR count). The summed E-state index contributed by atoms with van der Waals surface area (Å²) in [7, 11) is 3.22. The van der Waals surface area contributed by atoms with Crippen molar-refractivity contribution in [3.05, 3.63) is 6.20 Å². The Morgan fingerprint density at radius 2 is 2.00 bits per heavy atom. The molecule has 3 amide bonds. The quantitative estimate of drug-likeness (QED) is 0.814. The van der Waals surface area contributed by atoms with E-state index in [9.17, 15) is 14.4 Å². The Balaban J connectivity index is 1.88. The molecule has 0 aliphatic carbocycles. The van der Waals surface area contributed by atoms with Gasteiger partial charge in [0, 0.05) is 40.0 Å². The number of amides is 3. The lowest BCUT2D eigenvalue weighted by Crippen LogP contribution is -2.40. The number of hydrogen-bond donors (Lipinski definition) is 1. The van der Waals surface area contributed by atoms with E-state index in [0.29, 0.717) is 25.9 Å². The fraction of sp³-hybridized carbons (Fsp3) is 0.583. The van der Waals surface area contributed by atoms with Crippen LogP contribution in [0.3, 0.4) is 0 Å². The Morgan fingerprint density at radius 3 is 2.62 bits per heavy atom. The highest BCUT2D eigenvalue weighted by Crippen LogP contribution is 2.07. The summed E-state index contributed by atoms with van der Waals surface area (Å²) in [6.07, 6.45) is 2.19. The number of urea groups is 1. The molecule has 2 heterocycles. The summed E-state index contributed by atoms with van der Waals surface area (Å²) in [6.45, 7) is 0.887. The number of ketones is 1. The second-order valence-corrected chi connectivity index (χ2v) is 5.00. The zero-order valence-electron chi connectivity index (χ0n) is 12.1. The van der Waals surface area contributed by atoms with Crippen LogP contribution in [0, 0.1) is 0 Å². The van der Waals surface area contributed by atoms with Gasteiger partial charge in [-0.1, -0.05) is 0 Å². The van der Waals surface area contributed by atoms with E-state index in [1.54, 1.807) is 19.0 Å². The van der Waals surface area contributed by atoms with Gasteiger partial charge in [0.1, 0.15) is 12.3 Å². The predicted molar refractivity (Wildman–Crippen MR) is 73.5 cm³/mol. The molecular formula is C12H18N6O3. The van der Waals surface area contributed by atoms with Crippen molar-refractivity contribution < 1.29 is 14.4 Å². The lowest BCUT2D eigenvalue weighted by atomic mass is 10.1. The van der Waals surface area contributed by atoms with Crippen LogP contribution >= 0.6 is 0 Å². The van der Waals surface area contributed by atoms with Crippen LogP contribution in [-0.2, 0) is 16.1 Å². The average molecular weight is 294 g/mol. The van der Waals surface area contributed by atoms with Crippen molar-refractivity contribution in [3.63, 3.8) is 0 Å². The molecule has 1 aromatic heterocycles. The number of rotatable bonds is 3. The first-order chi connectivity index (χ1) is 9.95. The first-order valence-corrected chi connectivity index (χ1v) is 6.63. The standard InChI is InChI=1S/C12H18N6O3/c1-16(2)12(21)14-10-7-13-18(15-10)8-11(20)17-5-3-9(19)4-6-17/h7H,3-6,8H2,1-2H3,(H,14,15,21). The van der Waals surface area contributed by atoms with E-state index < -0.39 is 0 Å². The van der Waals surface area contributed by atoms with Gasteiger partial charge in [0.2, 0.25) is 5.91 Å². The van der Waals surface area contributed by atoms with Crippen LogP contribution in [-0.4, -0.2) is 69.7 Å². The number of carbonyl (C=O) groups is 3. The second kappa shape index (κ2) is 6.33. The summed E-state index contributed by atoms with van der Waals surface area (Å²) in [6, 6.07) is -0.317. The smallest absolute Gasteiger partial charge is 0.322 e. The van der Waals surface area contributed by atoms with Crippen molar-refractivity contribution in [2.45, 2.75) is 19.4 Å². The number of nitrogens with zero attached hydrogens (tertiary/aromatic N) is 5. The van der Waals surface area contributed by atoms with Gasteiger partial charge in [-0.2, -0.15) is 9.90 Å². The normalized spacial score (nSPS) is 15.0. The molecule has 1 N–H and O–H groups in total. The Morgan fingerprint density at radius 1 is 1.33 bits per heavy atom. The molecule has 9 nitrogen and oxygen atoms in total. The van der Waals surface area contributed by atoms with E-state index in [2.05, 4.69) is 15.5 Å². The molecule has 0 radical (unpaired) electrons. The molecule has 1 saturated heterocycles. The minimum absolute atomic E-state index is 0.00791. The molecular weight excluding hydrogens is 276 g/mol. The molecule has 0 aromatic carbocycles. The summed E-state index contributed by atoms with van der Waals surface area (Å²) in [4.78, 5) is 38.8. The molecule has 0 atom stereocenters. The Kier molecular flexibility index (Phi) is 4.51. The van der Waals surface area contributed by atoms with E-state index in [1.165, 1.54) is 15.9 Å². The van der Waals surface area contributed by atoms with Gasteiger partial charge >= 0.3 is 6.03 Å². The molecule has 0 saturated carbocycles. The Labute approximate surface area is 121 Å². The van der Waals surface area contributed by atoms with E-state index in [0.717, 1.165) is 0 Å². The third kappa shape index (κ3) is 4.01. The minimum Gasteiger partial charge on any atom is -0.340 e. The highest BCUT2D eigenvalue weighted by atomic mass is 16.2. The van der Waals surface area contributed by atoms with Crippen molar-refractivity contribution in [2.75, 3.05) is 32.5 Å². The molecule has 114 valence electrons. The van der Waals surface area contributed by atoms with E-state index in [-0.39, 0.29) is 30.1 Å². The van der Waals surface area contributed by atoms with Gasteiger partial charge in [0.15, 0.2) is 5.82 Å². The SMILES string of the molecule is CN(C)C(=O)Nc1cnn(CC(=O)N2CCC(=O)CC2)n1. The van der Waals surface area contributed by atoms with Crippen LogP contribution in [0.4, 0.5) is 10.6 Å². The van der Waals surface area contributed by atoms with Crippen molar-refractivity contribution in [1.29, 1.82) is 0 Å². The highest BCUT2D eigenvalue weighted by molar-refractivity contribution is 5.87. The zero-order chi connectivity index (χ0) is 15.4. The number of nitrogens with one attached hydrogen (secondary N) is 1. The van der Waals surface area contributed by atoms with Crippen LogP contribution in [0.5, 0.6) is 0 Å². The number of Topliss-reactive ketones (excluding diaryl/α,β-unsaturated/α-hetero) is 1. The van der Waals surface area contributed by atoms with Gasteiger partial charge in [-0.15, -0.1) is 5.10 Å². The topological polar surface area (TPSA) is 100 Å². The van der Waals surface area contributed by atoms with Gasteiger partial charge in [0.25, 0.3) is 0 Å². The second-order valence-electron chi connectivity index (χ2n) is 5.00. The molecule has 1 aromatic rings. The molecule has 1 aliphatic heterocycles. The average Bonchev–Trinajstić information content (AvgIpc) is 2.86. The third-order valence-electron chi connectivity index (χ3n) is 3.13. The molecule has 1 fully saturated rings. The molecule has 1 aliphatic rings. The summed E-state index contributed by atoms with van der Waals surface area (Å²) in [5, 5.41) is 10.5. The number of piperidine rings is 1. The zero-order valence-corrected chi connectivity index (χ0v) is 12.1. The molecule has 0 bridgehead atoms. The predicted octanol–water partition coefficient (Wildman–Crippen LogP) is -0.437. The molecule has 9 heteroatoms. The maximum atomic E-state index is 12.0. The summed E-state index contributed by atoms with van der Waals surface area (Å²) in [5.41, 5.74) is 0. The van der Waals surface area contributed by atoms with Gasteiger partial charge in [0.05, 0.1) is 6.20 Å². The van der Waals surface area contributed by atoms with Crippen LogP contribution in [0.15, 0.2) is 6.20 Å². The lowest BCUT2D eigenvalue weighted by Gasteiger charge is -2.25. The van der Waals surface area contributed by atoms with Crippen molar-refractivity contribution in [1.82, 2.24) is 24.8 Å². The summed E-state index contributed by atoms with van der Waals surface area (Å²) < 4.78 is 0. The minimum atomic E-state index is -0.317. The highest BCUT2D eigenvalue weighted by Gasteiger charge is 2.21. The largest absolute Gasteiger partial charge is 0.340 e. The van der Waals surface area contributed by atoms with Crippen LogP contribution in [0.2, 0.25) is 0 Å². The van der Waals surface area contributed by atoms with Gasteiger partial charge < -0.3 is 9.80 Å². The van der Waals surface area contributed by atoms with Gasteiger partial charge in [-0.3, -0.25) is 14.9 Å². The monoisotopic (exact) mass is 294 g/mol. The maximum Gasteiger partial charge on any atom is 0.322 e. The number of hydrogen-bond acceptors (Lipinski definition) is 5. The Hall–Kier alpha value is -2.45. The molecule has 21 heavy (non-hydrogen) atoms. The van der Waals surface area contributed by atoms with Crippen molar-refractivity contribution in [3.8, 4) is 0 Å². The number of likely N-dealkylation sites (tertiary alicyclic amines) is 1. The Bertz CT molecular complexity index is 543. The maximum absolute atomic E-state index is 12.0. The number of aromatic nitrogens is 3. The van der Waals surface area contributed by atoms with Crippen LogP contribution < -0.4 is 5.32 Å². The van der Waals surface area contributed by atoms with Crippen LogP contribution in [0.1, 0.15) is 12.8 Å². The van der Waals surface area contributed by atoms with Crippen molar-refractivity contribution in [2.24, 2.45) is 0 Å². The lowest BCUT2D eigenvalue weighted by molar-refractivity contribution is -0.135. The number of carbonyl (C=O) groups excluding carboxylic acids is 3. The number of anilines is 1. The summed E-state index contributed by atoms with van der Waals surface area (Å²) in [5.74, 6) is 0.337. The van der Waals surface area contributed by atoms with E-state index >= 15 is 0 Å². The fourth-order valence-corrected chi connectivity index (χ4v) is 1.88.